The van der Waals surface area contributed by atoms with E-state index in [2.05, 4.69) is 0 Å². The van der Waals surface area contributed by atoms with Crippen LogP contribution in [0.2, 0.25) is 0 Å². The summed E-state index contributed by atoms with van der Waals surface area (Å²) in [5.74, 6) is 0. The highest BCUT2D eigenvalue weighted by atomic mass is 19.4. The van der Waals surface area contributed by atoms with Gasteiger partial charge in [-0.15, -0.1) is 0 Å². The molecule has 1 unspecified atom stereocenters. The van der Waals surface area contributed by atoms with Crippen LogP contribution in [0.4, 0.5) is 13.2 Å². The maximum Gasteiger partial charge on any atom is 0.417 e. The summed E-state index contributed by atoms with van der Waals surface area (Å²) in [6.45, 7) is 2.27. The molecule has 0 aliphatic rings. The molecule has 1 heterocycles. The topological polar surface area (TPSA) is 57.2 Å². The van der Waals surface area contributed by atoms with E-state index in [-0.39, 0.29) is 13.1 Å². The van der Waals surface area contributed by atoms with Crippen molar-refractivity contribution in [2.24, 2.45) is 5.73 Å². The number of alkyl halides is 3. The first-order valence-electron chi connectivity index (χ1n) is 5.47. The van der Waals surface area contributed by atoms with Crippen LogP contribution in [-0.2, 0) is 17.5 Å². The standard InChI is InChI=1S/C11H15F3N2O2/c1-2-18-9(5-15)7-16-6-8(11(12,13)14)3-4-10(16)17/h3-4,6,9H,2,5,7,15H2,1H3. The molecule has 1 atom stereocenters. The average molecular weight is 264 g/mol. The summed E-state index contributed by atoms with van der Waals surface area (Å²) in [5, 5.41) is 0. The normalized spacial score (nSPS) is 13.6. The number of rotatable bonds is 5. The molecule has 0 bridgehead atoms. The van der Waals surface area contributed by atoms with Crippen LogP contribution in [0.3, 0.4) is 0 Å². The molecule has 0 fully saturated rings. The largest absolute Gasteiger partial charge is 0.417 e. The summed E-state index contributed by atoms with van der Waals surface area (Å²) in [6, 6.07) is 1.65. The summed E-state index contributed by atoms with van der Waals surface area (Å²) < 4.78 is 43.7. The van der Waals surface area contributed by atoms with Crippen LogP contribution in [0.1, 0.15) is 12.5 Å². The van der Waals surface area contributed by atoms with E-state index < -0.39 is 23.4 Å². The van der Waals surface area contributed by atoms with Crippen molar-refractivity contribution in [1.82, 2.24) is 4.57 Å². The summed E-state index contributed by atoms with van der Waals surface area (Å²) in [7, 11) is 0. The molecule has 18 heavy (non-hydrogen) atoms. The molecule has 0 saturated heterocycles. The number of halogens is 3. The minimum absolute atomic E-state index is 0.00704. The van der Waals surface area contributed by atoms with Gasteiger partial charge in [-0.2, -0.15) is 13.2 Å². The predicted molar refractivity (Wildman–Crippen MR) is 60.2 cm³/mol. The van der Waals surface area contributed by atoms with Gasteiger partial charge in [-0.25, -0.2) is 0 Å². The molecule has 0 aliphatic carbocycles. The van der Waals surface area contributed by atoms with Crippen molar-refractivity contribution in [2.75, 3.05) is 13.2 Å². The quantitative estimate of drug-likeness (QED) is 0.870. The van der Waals surface area contributed by atoms with E-state index in [9.17, 15) is 18.0 Å². The number of ether oxygens (including phenoxy) is 1. The van der Waals surface area contributed by atoms with Gasteiger partial charge in [0.2, 0.25) is 0 Å². The maximum absolute atomic E-state index is 12.5. The van der Waals surface area contributed by atoms with E-state index in [1.165, 1.54) is 0 Å². The van der Waals surface area contributed by atoms with Crippen LogP contribution in [0.5, 0.6) is 0 Å². The van der Waals surface area contributed by atoms with Crippen LogP contribution in [-0.4, -0.2) is 23.8 Å². The van der Waals surface area contributed by atoms with Gasteiger partial charge in [-0.1, -0.05) is 0 Å². The van der Waals surface area contributed by atoms with Crippen molar-refractivity contribution in [1.29, 1.82) is 0 Å². The zero-order chi connectivity index (χ0) is 13.8. The Morgan fingerprint density at radius 1 is 1.44 bits per heavy atom. The number of pyridine rings is 1. The Labute approximate surface area is 102 Å². The molecule has 0 spiro atoms. The minimum atomic E-state index is -4.47. The lowest BCUT2D eigenvalue weighted by Gasteiger charge is -2.17. The number of hydrogen-bond donors (Lipinski definition) is 1. The van der Waals surface area contributed by atoms with Gasteiger partial charge < -0.3 is 15.0 Å². The van der Waals surface area contributed by atoms with Crippen molar-refractivity contribution in [3.63, 3.8) is 0 Å². The van der Waals surface area contributed by atoms with Crippen molar-refractivity contribution in [3.8, 4) is 0 Å². The fourth-order valence-electron chi connectivity index (χ4n) is 1.49. The van der Waals surface area contributed by atoms with Gasteiger partial charge in [0.25, 0.3) is 5.56 Å². The van der Waals surface area contributed by atoms with Crippen LogP contribution in [0.15, 0.2) is 23.1 Å². The molecule has 102 valence electrons. The Morgan fingerprint density at radius 3 is 2.61 bits per heavy atom. The first-order valence-corrected chi connectivity index (χ1v) is 5.47. The van der Waals surface area contributed by atoms with Crippen molar-refractivity contribution in [3.05, 3.63) is 34.2 Å². The second kappa shape index (κ2) is 6.01. The molecule has 2 N–H and O–H groups in total. The highest BCUT2D eigenvalue weighted by molar-refractivity contribution is 5.13. The molecule has 0 saturated carbocycles. The zero-order valence-electron chi connectivity index (χ0n) is 9.91. The van der Waals surface area contributed by atoms with Gasteiger partial charge in [0, 0.05) is 25.4 Å². The lowest BCUT2D eigenvalue weighted by atomic mass is 10.2. The molecule has 1 aromatic heterocycles. The number of hydrogen-bond acceptors (Lipinski definition) is 3. The van der Waals surface area contributed by atoms with E-state index in [1.807, 2.05) is 0 Å². The van der Waals surface area contributed by atoms with Crippen molar-refractivity contribution in [2.45, 2.75) is 25.7 Å². The second-order valence-corrected chi connectivity index (χ2v) is 3.72. The van der Waals surface area contributed by atoms with Crippen LogP contribution < -0.4 is 11.3 Å². The Kier molecular flexibility index (Phi) is 4.92. The highest BCUT2D eigenvalue weighted by Gasteiger charge is 2.31. The third-order valence-electron chi connectivity index (χ3n) is 2.38. The molecule has 0 aromatic carbocycles. The van der Waals surface area contributed by atoms with Crippen molar-refractivity contribution >= 4 is 0 Å². The lowest BCUT2D eigenvalue weighted by molar-refractivity contribution is -0.138. The van der Waals surface area contributed by atoms with E-state index in [1.54, 1.807) is 6.92 Å². The third kappa shape index (κ3) is 3.85. The molecular weight excluding hydrogens is 249 g/mol. The predicted octanol–water partition coefficient (Wildman–Crippen LogP) is 1.23. The summed E-state index contributed by atoms with van der Waals surface area (Å²) in [6.07, 6.45) is -4.17. The first-order chi connectivity index (χ1) is 8.38. The van der Waals surface area contributed by atoms with Gasteiger partial charge in [0.05, 0.1) is 18.2 Å². The van der Waals surface area contributed by atoms with E-state index in [0.717, 1.165) is 22.9 Å². The number of nitrogens with two attached hydrogens (primary N) is 1. The summed E-state index contributed by atoms with van der Waals surface area (Å²) in [5.41, 5.74) is 4.04. The smallest absolute Gasteiger partial charge is 0.375 e. The Morgan fingerprint density at radius 2 is 2.11 bits per heavy atom. The Hall–Kier alpha value is -1.34. The molecule has 0 aliphatic heterocycles. The molecule has 4 nitrogen and oxygen atoms in total. The number of nitrogens with zero attached hydrogens (tertiary/aromatic N) is 1. The summed E-state index contributed by atoms with van der Waals surface area (Å²) >= 11 is 0. The first kappa shape index (κ1) is 14.7. The minimum Gasteiger partial charge on any atom is -0.375 e. The molecule has 1 aromatic rings. The monoisotopic (exact) mass is 264 g/mol. The Bertz CT molecular complexity index is 443. The van der Waals surface area contributed by atoms with Crippen LogP contribution >= 0.6 is 0 Å². The van der Waals surface area contributed by atoms with Gasteiger partial charge in [-0.3, -0.25) is 4.79 Å². The summed E-state index contributed by atoms with van der Waals surface area (Å²) in [4.78, 5) is 11.5. The maximum atomic E-state index is 12.5. The van der Waals surface area contributed by atoms with Gasteiger partial charge in [0.15, 0.2) is 0 Å². The average Bonchev–Trinajstić information content (AvgIpc) is 2.29. The third-order valence-corrected chi connectivity index (χ3v) is 2.38. The van der Waals surface area contributed by atoms with E-state index in [0.29, 0.717) is 6.61 Å². The fraction of sp³-hybridized carbons (Fsp3) is 0.545. The zero-order valence-corrected chi connectivity index (χ0v) is 9.91. The molecule has 0 amide bonds. The Balaban J connectivity index is 2.97. The fourth-order valence-corrected chi connectivity index (χ4v) is 1.49. The molecule has 7 heteroatoms. The van der Waals surface area contributed by atoms with Gasteiger partial charge >= 0.3 is 6.18 Å². The van der Waals surface area contributed by atoms with Crippen molar-refractivity contribution < 1.29 is 17.9 Å². The van der Waals surface area contributed by atoms with Crippen LogP contribution in [0.25, 0.3) is 0 Å². The van der Waals surface area contributed by atoms with E-state index in [4.69, 9.17) is 10.5 Å². The molecule has 0 radical (unpaired) electrons. The number of aromatic nitrogens is 1. The van der Waals surface area contributed by atoms with Crippen LogP contribution in [0, 0.1) is 0 Å². The van der Waals surface area contributed by atoms with E-state index >= 15 is 0 Å². The SMILES string of the molecule is CCOC(CN)Cn1cc(C(F)(F)F)ccc1=O. The molecule has 1 rings (SSSR count). The lowest BCUT2D eigenvalue weighted by Crippen LogP contribution is -2.33. The molecular formula is C11H15F3N2O2. The second-order valence-electron chi connectivity index (χ2n) is 3.72. The van der Waals surface area contributed by atoms with Gasteiger partial charge in [-0.05, 0) is 13.0 Å². The highest BCUT2D eigenvalue weighted by Crippen LogP contribution is 2.28. The van der Waals surface area contributed by atoms with Gasteiger partial charge in [0.1, 0.15) is 0 Å².